The van der Waals surface area contributed by atoms with Gasteiger partial charge in [-0.25, -0.2) is 0 Å². The van der Waals surface area contributed by atoms with Crippen molar-refractivity contribution in [2.75, 3.05) is 33.9 Å². The largest absolute Gasteiger partial charge is 0.469 e. The molecule has 0 saturated heterocycles. The van der Waals surface area contributed by atoms with Crippen molar-refractivity contribution in [3.63, 3.8) is 0 Å². The van der Waals surface area contributed by atoms with Crippen LogP contribution in [0.5, 0.6) is 0 Å². The Kier molecular flexibility index (Phi) is 9.26. The van der Waals surface area contributed by atoms with Gasteiger partial charge in [-0.3, -0.25) is 9.59 Å². The van der Waals surface area contributed by atoms with Gasteiger partial charge < -0.3 is 14.4 Å². The van der Waals surface area contributed by atoms with E-state index in [4.69, 9.17) is 4.74 Å². The fraction of sp³-hybridized carbons (Fsp3) is 0.875. The molecule has 0 aromatic rings. The number of hydrogen-bond donors (Lipinski definition) is 0. The normalized spacial score (nSPS) is 12.9. The summed E-state index contributed by atoms with van der Waals surface area (Å²) in [5, 5.41) is 0. The van der Waals surface area contributed by atoms with Crippen LogP contribution in [-0.2, 0) is 19.1 Å². The van der Waals surface area contributed by atoms with E-state index in [1.807, 2.05) is 0 Å². The molecular formula is C16H31NO4. The standard InChI is InChI=1S/C16H31NO4/c1-13(12-16(2,3)4)11-14(18)17(9-10-20-5)8-7-15(19)21-6/h13H,7-12H2,1-6H3. The summed E-state index contributed by atoms with van der Waals surface area (Å²) in [7, 11) is 2.96. The number of methoxy groups -OCH3 is 2. The average molecular weight is 301 g/mol. The van der Waals surface area contributed by atoms with Crippen molar-refractivity contribution in [1.82, 2.24) is 4.90 Å². The predicted molar refractivity (Wildman–Crippen MR) is 82.9 cm³/mol. The van der Waals surface area contributed by atoms with E-state index in [-0.39, 0.29) is 23.7 Å². The van der Waals surface area contributed by atoms with E-state index in [0.29, 0.717) is 32.0 Å². The average Bonchev–Trinajstić information content (AvgIpc) is 2.35. The minimum Gasteiger partial charge on any atom is -0.469 e. The van der Waals surface area contributed by atoms with Crippen LogP contribution >= 0.6 is 0 Å². The van der Waals surface area contributed by atoms with Crippen LogP contribution in [0.25, 0.3) is 0 Å². The van der Waals surface area contributed by atoms with Crippen LogP contribution < -0.4 is 0 Å². The van der Waals surface area contributed by atoms with Crippen LogP contribution in [0.4, 0.5) is 0 Å². The molecular weight excluding hydrogens is 270 g/mol. The molecule has 5 heteroatoms. The summed E-state index contributed by atoms with van der Waals surface area (Å²) in [4.78, 5) is 25.3. The van der Waals surface area contributed by atoms with Gasteiger partial charge in [0, 0.05) is 26.6 Å². The third kappa shape index (κ3) is 10.3. The zero-order valence-electron chi connectivity index (χ0n) is 14.4. The lowest BCUT2D eigenvalue weighted by Gasteiger charge is -2.26. The number of rotatable bonds is 9. The van der Waals surface area contributed by atoms with Gasteiger partial charge in [-0.2, -0.15) is 0 Å². The first-order chi connectivity index (χ1) is 9.69. The van der Waals surface area contributed by atoms with E-state index < -0.39 is 0 Å². The Labute approximate surface area is 129 Å². The van der Waals surface area contributed by atoms with Gasteiger partial charge in [0.25, 0.3) is 0 Å². The first-order valence-electron chi connectivity index (χ1n) is 7.53. The third-order valence-corrected chi connectivity index (χ3v) is 3.22. The predicted octanol–water partition coefficient (Wildman–Crippen LogP) is 2.49. The van der Waals surface area contributed by atoms with Gasteiger partial charge in [-0.1, -0.05) is 27.7 Å². The van der Waals surface area contributed by atoms with E-state index >= 15 is 0 Å². The van der Waals surface area contributed by atoms with Crippen LogP contribution in [0.1, 0.15) is 47.0 Å². The molecule has 0 N–H and O–H groups in total. The Bertz CT molecular complexity index is 323. The van der Waals surface area contributed by atoms with Crippen molar-refractivity contribution in [2.45, 2.75) is 47.0 Å². The lowest BCUT2D eigenvalue weighted by Crippen LogP contribution is -2.36. The minimum atomic E-state index is -0.298. The highest BCUT2D eigenvalue weighted by Gasteiger charge is 2.21. The van der Waals surface area contributed by atoms with Gasteiger partial charge in [0.15, 0.2) is 0 Å². The Morgan fingerprint density at radius 1 is 1.14 bits per heavy atom. The summed E-state index contributed by atoms with van der Waals surface area (Å²) in [6, 6.07) is 0. The van der Waals surface area contributed by atoms with Crippen molar-refractivity contribution in [1.29, 1.82) is 0 Å². The molecule has 0 aliphatic heterocycles. The third-order valence-electron chi connectivity index (χ3n) is 3.22. The summed E-state index contributed by atoms with van der Waals surface area (Å²) in [5.74, 6) is 0.0985. The molecule has 1 atom stereocenters. The molecule has 0 aliphatic carbocycles. The van der Waals surface area contributed by atoms with E-state index in [1.165, 1.54) is 7.11 Å². The number of amides is 1. The van der Waals surface area contributed by atoms with Crippen molar-refractivity contribution >= 4 is 11.9 Å². The van der Waals surface area contributed by atoms with E-state index in [1.54, 1.807) is 12.0 Å². The summed E-state index contributed by atoms with van der Waals surface area (Å²) in [5.41, 5.74) is 0.211. The molecule has 0 aliphatic rings. The SMILES string of the molecule is COCCN(CCC(=O)OC)C(=O)CC(C)CC(C)(C)C. The number of esters is 1. The zero-order chi connectivity index (χ0) is 16.5. The Hall–Kier alpha value is -1.10. The minimum absolute atomic E-state index is 0.0766. The summed E-state index contributed by atoms with van der Waals surface area (Å²) < 4.78 is 9.65. The maximum Gasteiger partial charge on any atom is 0.307 e. The molecule has 21 heavy (non-hydrogen) atoms. The lowest BCUT2D eigenvalue weighted by atomic mass is 9.84. The maximum atomic E-state index is 12.4. The second-order valence-electron chi connectivity index (χ2n) is 6.77. The van der Waals surface area contributed by atoms with Crippen molar-refractivity contribution in [3.8, 4) is 0 Å². The number of nitrogens with zero attached hydrogens (tertiary/aromatic N) is 1. The molecule has 124 valence electrons. The van der Waals surface area contributed by atoms with Gasteiger partial charge in [0.05, 0.1) is 20.1 Å². The Balaban J connectivity index is 4.45. The van der Waals surface area contributed by atoms with Gasteiger partial charge >= 0.3 is 5.97 Å². The van der Waals surface area contributed by atoms with Crippen LogP contribution in [0.2, 0.25) is 0 Å². The monoisotopic (exact) mass is 301 g/mol. The maximum absolute atomic E-state index is 12.4. The van der Waals surface area contributed by atoms with Crippen molar-refractivity contribution < 1.29 is 19.1 Å². The summed E-state index contributed by atoms with van der Waals surface area (Å²) in [6.07, 6.45) is 1.72. The van der Waals surface area contributed by atoms with Crippen LogP contribution in [0.15, 0.2) is 0 Å². The number of ether oxygens (including phenoxy) is 2. The van der Waals surface area contributed by atoms with Gasteiger partial charge in [0.2, 0.25) is 5.91 Å². The van der Waals surface area contributed by atoms with E-state index in [0.717, 1.165) is 6.42 Å². The van der Waals surface area contributed by atoms with Crippen LogP contribution in [0, 0.1) is 11.3 Å². The first kappa shape index (κ1) is 19.9. The smallest absolute Gasteiger partial charge is 0.307 e. The van der Waals surface area contributed by atoms with Crippen molar-refractivity contribution in [3.05, 3.63) is 0 Å². The topological polar surface area (TPSA) is 55.8 Å². The summed E-state index contributed by atoms with van der Waals surface area (Å²) in [6.45, 7) is 9.99. The van der Waals surface area contributed by atoms with Crippen LogP contribution in [-0.4, -0.2) is 50.7 Å². The molecule has 0 aromatic carbocycles. The van der Waals surface area contributed by atoms with Gasteiger partial charge in [0.1, 0.15) is 0 Å². The highest BCUT2D eigenvalue weighted by atomic mass is 16.5. The molecule has 0 saturated carbocycles. The second-order valence-corrected chi connectivity index (χ2v) is 6.77. The van der Waals surface area contributed by atoms with Crippen molar-refractivity contribution in [2.24, 2.45) is 11.3 Å². The molecule has 1 unspecified atom stereocenters. The highest BCUT2D eigenvalue weighted by Crippen LogP contribution is 2.26. The molecule has 0 aromatic heterocycles. The molecule has 0 heterocycles. The van der Waals surface area contributed by atoms with Gasteiger partial charge in [-0.15, -0.1) is 0 Å². The first-order valence-corrected chi connectivity index (χ1v) is 7.53. The quantitative estimate of drug-likeness (QED) is 0.614. The van der Waals surface area contributed by atoms with Crippen LogP contribution in [0.3, 0.4) is 0 Å². The van der Waals surface area contributed by atoms with E-state index in [9.17, 15) is 9.59 Å². The zero-order valence-corrected chi connectivity index (χ0v) is 14.4. The highest BCUT2D eigenvalue weighted by molar-refractivity contribution is 5.77. The Morgan fingerprint density at radius 3 is 2.24 bits per heavy atom. The second kappa shape index (κ2) is 9.77. The number of hydrogen-bond acceptors (Lipinski definition) is 4. The molecule has 1 amide bonds. The molecule has 0 fully saturated rings. The number of carbonyl (C=O) groups excluding carboxylic acids is 2. The van der Waals surface area contributed by atoms with Gasteiger partial charge in [-0.05, 0) is 17.8 Å². The lowest BCUT2D eigenvalue weighted by molar-refractivity contribution is -0.142. The van der Waals surface area contributed by atoms with E-state index in [2.05, 4.69) is 32.4 Å². The Morgan fingerprint density at radius 2 is 1.76 bits per heavy atom. The number of carbonyl (C=O) groups is 2. The fourth-order valence-electron chi connectivity index (χ4n) is 2.44. The molecule has 0 spiro atoms. The summed E-state index contributed by atoms with van der Waals surface area (Å²) >= 11 is 0. The fourth-order valence-corrected chi connectivity index (χ4v) is 2.44. The molecule has 0 bridgehead atoms. The molecule has 0 rings (SSSR count). The molecule has 5 nitrogen and oxygen atoms in total. The molecule has 0 radical (unpaired) electrons.